The van der Waals surface area contributed by atoms with E-state index in [1.165, 1.54) is 19.3 Å². The number of anilines is 3. The summed E-state index contributed by atoms with van der Waals surface area (Å²) in [6.45, 7) is 20.6. The number of hydrogen-bond donors (Lipinski definition) is 2. The minimum absolute atomic E-state index is 0.162. The molecule has 1 saturated heterocycles. The lowest BCUT2D eigenvalue weighted by atomic mass is 10.0. The molecule has 1 aliphatic heterocycles. The van der Waals surface area contributed by atoms with Gasteiger partial charge in [-0.2, -0.15) is 4.98 Å². The molecule has 2 aromatic rings. The first-order valence-corrected chi connectivity index (χ1v) is 15.8. The highest BCUT2D eigenvalue weighted by molar-refractivity contribution is 6.32. The monoisotopic (exact) mass is 613 g/mol. The van der Waals surface area contributed by atoms with Gasteiger partial charge in [-0.1, -0.05) is 31.0 Å². The third-order valence-corrected chi connectivity index (χ3v) is 7.22. The predicted octanol–water partition coefficient (Wildman–Crippen LogP) is 8.99. The van der Waals surface area contributed by atoms with E-state index in [0.717, 1.165) is 52.6 Å². The lowest BCUT2D eigenvalue weighted by Gasteiger charge is -2.34. The van der Waals surface area contributed by atoms with E-state index in [4.69, 9.17) is 16.3 Å². The molecule has 2 aromatic heterocycles. The number of rotatable bonds is 5. The van der Waals surface area contributed by atoms with Crippen LogP contribution in [-0.2, 0) is 4.74 Å². The quantitative estimate of drug-likeness (QED) is 0.256. The van der Waals surface area contributed by atoms with E-state index < -0.39 is 0 Å². The molecule has 4 rings (SSSR count). The van der Waals surface area contributed by atoms with Crippen molar-refractivity contribution in [3.05, 3.63) is 45.8 Å². The summed E-state index contributed by atoms with van der Waals surface area (Å²) in [6.07, 6.45) is 9.37. The smallest absolute Gasteiger partial charge is 0.410 e. The summed E-state index contributed by atoms with van der Waals surface area (Å²) in [5.74, 6) is 3.19. The number of aryl methyl sites for hydroxylation is 2. The zero-order valence-corrected chi connectivity index (χ0v) is 28.8. The first kappa shape index (κ1) is 36.0. The van der Waals surface area contributed by atoms with E-state index in [1.54, 1.807) is 13.2 Å². The van der Waals surface area contributed by atoms with Gasteiger partial charge >= 0.3 is 6.09 Å². The second kappa shape index (κ2) is 16.6. The Morgan fingerprint density at radius 3 is 2.37 bits per heavy atom. The van der Waals surface area contributed by atoms with Crippen LogP contribution in [0.5, 0.6) is 0 Å². The minimum Gasteiger partial charge on any atom is -0.444 e. The van der Waals surface area contributed by atoms with Gasteiger partial charge < -0.3 is 20.3 Å². The van der Waals surface area contributed by atoms with Crippen LogP contribution in [0.4, 0.5) is 22.4 Å². The molecule has 2 aliphatic rings. The van der Waals surface area contributed by atoms with E-state index in [1.807, 2.05) is 79.4 Å². The average Bonchev–Trinajstić information content (AvgIpc) is 3.78. The van der Waals surface area contributed by atoms with Crippen molar-refractivity contribution >= 4 is 41.1 Å². The molecule has 43 heavy (non-hydrogen) atoms. The van der Waals surface area contributed by atoms with Gasteiger partial charge in [0.15, 0.2) is 0 Å². The van der Waals surface area contributed by atoms with Gasteiger partial charge in [0.2, 0.25) is 5.95 Å². The summed E-state index contributed by atoms with van der Waals surface area (Å²) in [5, 5.41) is 7.23. The van der Waals surface area contributed by atoms with Crippen molar-refractivity contribution in [2.45, 2.75) is 119 Å². The Labute approximate surface area is 264 Å². The molecular weight excluding hydrogens is 562 g/mol. The maximum atomic E-state index is 11.7. The molecule has 1 atom stereocenters. The molecule has 0 radical (unpaired) electrons. The number of carbonyl (C=O) groups excluding carboxylic acids is 1. The van der Waals surface area contributed by atoms with Gasteiger partial charge in [-0.05, 0) is 111 Å². The molecule has 238 valence electrons. The number of likely N-dealkylation sites (tertiary alicyclic amines) is 1. The summed E-state index contributed by atoms with van der Waals surface area (Å²) in [5.41, 5.74) is 3.68. The van der Waals surface area contributed by atoms with Crippen LogP contribution in [0, 0.1) is 13.8 Å². The van der Waals surface area contributed by atoms with E-state index in [2.05, 4.69) is 37.5 Å². The van der Waals surface area contributed by atoms with Gasteiger partial charge in [-0.15, -0.1) is 0 Å². The van der Waals surface area contributed by atoms with Crippen LogP contribution in [0.3, 0.4) is 0 Å². The van der Waals surface area contributed by atoms with E-state index >= 15 is 0 Å². The molecule has 1 saturated carbocycles. The number of amidine groups is 1. The van der Waals surface area contributed by atoms with Gasteiger partial charge in [-0.25, -0.2) is 14.8 Å². The highest BCUT2D eigenvalue weighted by atomic mass is 35.5. The van der Waals surface area contributed by atoms with Crippen LogP contribution >= 0.6 is 11.6 Å². The first-order chi connectivity index (χ1) is 20.3. The van der Waals surface area contributed by atoms with Crippen LogP contribution in [0.15, 0.2) is 28.9 Å². The zero-order valence-electron chi connectivity index (χ0n) is 28.1. The Morgan fingerprint density at radius 1 is 1.14 bits per heavy atom. The standard InChI is InChI=1S/C20H25ClN6.C11H21NO2.C2H6/c1-11(2)8-16(22-5)25-19-12(3)10-23-20(27-19)26-17-9-15(14-6-7-14)18(21)13(4)24-17;1-9-7-5-6-8-12(9)10(13)14-11(2,3)4;1-2/h8-10,14H,6-7H2,1-5H3,(H2,22,23,24,25,26,27);9H,5-8H2,1-4H3;1-2H3/t;9-;/m.1./s1. The van der Waals surface area contributed by atoms with Gasteiger partial charge in [-0.3, -0.25) is 4.99 Å². The Hall–Kier alpha value is -3.20. The molecule has 0 spiro atoms. The van der Waals surface area contributed by atoms with Gasteiger partial charge in [0, 0.05) is 31.4 Å². The van der Waals surface area contributed by atoms with Crippen molar-refractivity contribution in [3.8, 4) is 0 Å². The van der Waals surface area contributed by atoms with E-state index in [-0.39, 0.29) is 11.7 Å². The van der Waals surface area contributed by atoms with E-state index in [9.17, 15) is 4.79 Å². The third-order valence-electron chi connectivity index (χ3n) is 6.72. The van der Waals surface area contributed by atoms with E-state index in [0.29, 0.717) is 29.5 Å². The fourth-order valence-corrected chi connectivity index (χ4v) is 4.67. The molecular formula is C33H52ClN7O2. The normalized spacial score (nSPS) is 16.6. The number of aromatic nitrogens is 3. The lowest BCUT2D eigenvalue weighted by molar-refractivity contribution is 0.0120. The fraction of sp³-hybridized carbons (Fsp3) is 0.606. The van der Waals surface area contributed by atoms with Crippen molar-refractivity contribution in [1.82, 2.24) is 19.9 Å². The Bertz CT molecular complexity index is 1280. The number of allylic oxidation sites excluding steroid dienone is 1. The largest absolute Gasteiger partial charge is 0.444 e. The number of amides is 1. The van der Waals surface area contributed by atoms with Crippen molar-refractivity contribution < 1.29 is 9.53 Å². The van der Waals surface area contributed by atoms with Crippen LogP contribution < -0.4 is 10.6 Å². The number of halogens is 1. The van der Waals surface area contributed by atoms with Crippen molar-refractivity contribution in [1.29, 1.82) is 0 Å². The molecule has 3 heterocycles. The molecule has 2 fully saturated rings. The number of pyridine rings is 1. The van der Waals surface area contributed by atoms with Gasteiger partial charge in [0.1, 0.15) is 23.1 Å². The number of carbonyl (C=O) groups is 1. The Kier molecular flexibility index (Phi) is 13.9. The van der Waals surface area contributed by atoms with Gasteiger partial charge in [0.25, 0.3) is 0 Å². The second-order valence-electron chi connectivity index (χ2n) is 12.1. The molecule has 0 aromatic carbocycles. The molecule has 1 aliphatic carbocycles. The first-order valence-electron chi connectivity index (χ1n) is 15.4. The molecule has 1 amide bonds. The zero-order chi connectivity index (χ0) is 32.3. The summed E-state index contributed by atoms with van der Waals surface area (Å²) < 4.78 is 5.33. The Balaban J connectivity index is 0.000000340. The number of nitrogens with zero attached hydrogens (tertiary/aromatic N) is 5. The highest BCUT2D eigenvalue weighted by Gasteiger charge is 2.28. The average molecular weight is 614 g/mol. The number of aliphatic imine (C=N–C) groups is 1. The summed E-state index contributed by atoms with van der Waals surface area (Å²) >= 11 is 6.41. The SMILES string of the molecule is CC.CN=C(C=C(C)C)Nc1nc(Nc2cc(C3CC3)c(Cl)c(C)n2)ncc1C.C[C@@H]1CCCCN1C(=O)OC(C)(C)C. The van der Waals surface area contributed by atoms with Crippen molar-refractivity contribution in [2.75, 3.05) is 24.2 Å². The Morgan fingerprint density at radius 2 is 1.81 bits per heavy atom. The number of hydrogen-bond acceptors (Lipinski definition) is 7. The van der Waals surface area contributed by atoms with Crippen LogP contribution in [0.1, 0.15) is 110 Å². The number of nitrogens with one attached hydrogen (secondary N) is 2. The lowest BCUT2D eigenvalue weighted by Crippen LogP contribution is -2.44. The van der Waals surface area contributed by atoms with Crippen LogP contribution in [0.25, 0.3) is 0 Å². The maximum Gasteiger partial charge on any atom is 0.410 e. The molecule has 0 unspecified atom stereocenters. The molecule has 0 bridgehead atoms. The fourth-order valence-electron chi connectivity index (χ4n) is 4.42. The van der Waals surface area contributed by atoms with Crippen LogP contribution in [-0.4, -0.2) is 57.0 Å². The summed E-state index contributed by atoms with van der Waals surface area (Å²) in [6, 6.07) is 2.34. The number of piperidine rings is 1. The minimum atomic E-state index is -0.381. The number of ether oxygens (including phenoxy) is 1. The maximum absolute atomic E-state index is 11.7. The van der Waals surface area contributed by atoms with Crippen molar-refractivity contribution in [2.24, 2.45) is 4.99 Å². The highest BCUT2D eigenvalue weighted by Crippen LogP contribution is 2.44. The summed E-state index contributed by atoms with van der Waals surface area (Å²) in [7, 11) is 1.75. The van der Waals surface area contributed by atoms with Crippen LogP contribution in [0.2, 0.25) is 5.02 Å². The second-order valence-corrected chi connectivity index (χ2v) is 12.5. The predicted molar refractivity (Wildman–Crippen MR) is 180 cm³/mol. The summed E-state index contributed by atoms with van der Waals surface area (Å²) in [4.78, 5) is 31.3. The van der Waals surface area contributed by atoms with Gasteiger partial charge in [0.05, 0.1) is 10.7 Å². The van der Waals surface area contributed by atoms with Crippen molar-refractivity contribution in [3.63, 3.8) is 0 Å². The third kappa shape index (κ3) is 11.8. The molecule has 10 heteroatoms. The topological polar surface area (TPSA) is 105 Å². The molecule has 2 N–H and O–H groups in total. The molecule has 9 nitrogen and oxygen atoms in total.